The van der Waals surface area contributed by atoms with Gasteiger partial charge in [0.1, 0.15) is 5.75 Å². The van der Waals surface area contributed by atoms with E-state index in [-0.39, 0.29) is 5.75 Å². The monoisotopic (exact) mass is 389 g/mol. The minimum atomic E-state index is 0.0747. The number of benzene rings is 2. The van der Waals surface area contributed by atoms with E-state index in [9.17, 15) is 5.11 Å². The predicted molar refractivity (Wildman–Crippen MR) is 90.8 cm³/mol. The molecule has 0 aliphatic heterocycles. The van der Waals surface area contributed by atoms with Crippen LogP contribution in [-0.2, 0) is 6.54 Å². The Morgan fingerprint density at radius 1 is 1.29 bits per heavy atom. The Morgan fingerprint density at radius 2 is 2.05 bits per heavy atom. The maximum atomic E-state index is 9.92. The number of hydrogen-bond donors (Lipinski definition) is 2. The Labute approximate surface area is 142 Å². The summed E-state index contributed by atoms with van der Waals surface area (Å²) in [5, 5.41) is 14.0. The predicted octanol–water partition coefficient (Wildman–Crippen LogP) is 5.47. The third-order valence-corrected chi connectivity index (χ3v) is 3.95. The largest absolute Gasteiger partial charge is 0.506 e. The molecule has 112 valence electrons. The van der Waals surface area contributed by atoms with Crippen molar-refractivity contribution in [2.24, 2.45) is 0 Å². The summed E-state index contributed by atoms with van der Waals surface area (Å²) in [4.78, 5) is 0. The van der Waals surface area contributed by atoms with E-state index in [1.165, 1.54) is 0 Å². The molecule has 0 spiro atoms. The molecule has 0 aliphatic carbocycles. The number of nitrogens with one attached hydrogen (secondary N) is 1. The zero-order valence-corrected chi connectivity index (χ0v) is 14.4. The van der Waals surface area contributed by atoms with E-state index in [0.717, 1.165) is 10.2 Å². The fourth-order valence-electron chi connectivity index (χ4n) is 1.88. The number of halogens is 3. The maximum absolute atomic E-state index is 9.92. The molecule has 3 nitrogen and oxygen atoms in total. The second-order valence-corrected chi connectivity index (χ2v) is 6.00. The van der Waals surface area contributed by atoms with Crippen molar-refractivity contribution in [2.45, 2.75) is 13.5 Å². The lowest BCUT2D eigenvalue weighted by Crippen LogP contribution is -2.03. The Bertz CT molecular complexity index is 650. The van der Waals surface area contributed by atoms with Gasteiger partial charge in [0, 0.05) is 17.1 Å². The molecule has 0 saturated heterocycles. The van der Waals surface area contributed by atoms with Crippen molar-refractivity contribution in [2.75, 3.05) is 11.9 Å². The zero-order chi connectivity index (χ0) is 15.4. The number of rotatable bonds is 5. The Balaban J connectivity index is 2.25. The molecule has 0 aromatic heterocycles. The molecule has 0 atom stereocenters. The number of phenolic OH excluding ortho intramolecular Hbond substituents is 1. The van der Waals surface area contributed by atoms with E-state index in [0.29, 0.717) is 34.5 Å². The SMILES string of the molecule is CCOc1c(Br)cc(Cl)cc1NCc1cccc(Cl)c1O. The van der Waals surface area contributed by atoms with E-state index in [1.807, 2.05) is 6.92 Å². The fourth-order valence-corrected chi connectivity index (χ4v) is 2.99. The molecule has 0 heterocycles. The smallest absolute Gasteiger partial charge is 0.156 e. The van der Waals surface area contributed by atoms with Crippen LogP contribution in [0.2, 0.25) is 10.0 Å². The molecule has 0 saturated carbocycles. The number of aromatic hydroxyl groups is 1. The molecule has 0 amide bonds. The molecular formula is C15H14BrCl2NO2. The lowest BCUT2D eigenvalue weighted by molar-refractivity contribution is 0.339. The third kappa shape index (κ3) is 3.96. The van der Waals surface area contributed by atoms with Gasteiger partial charge in [0.2, 0.25) is 0 Å². The van der Waals surface area contributed by atoms with E-state index < -0.39 is 0 Å². The maximum Gasteiger partial charge on any atom is 0.156 e. The third-order valence-electron chi connectivity index (χ3n) is 2.84. The summed E-state index contributed by atoms with van der Waals surface area (Å²) in [5.74, 6) is 0.758. The highest BCUT2D eigenvalue weighted by atomic mass is 79.9. The van der Waals surface area contributed by atoms with Crippen molar-refractivity contribution in [3.05, 3.63) is 50.4 Å². The summed E-state index contributed by atoms with van der Waals surface area (Å²) in [6.07, 6.45) is 0. The number of para-hydroxylation sites is 1. The lowest BCUT2D eigenvalue weighted by atomic mass is 10.2. The van der Waals surface area contributed by atoms with Crippen molar-refractivity contribution in [3.63, 3.8) is 0 Å². The van der Waals surface area contributed by atoms with E-state index in [4.69, 9.17) is 27.9 Å². The number of phenols is 1. The fraction of sp³-hybridized carbons (Fsp3) is 0.200. The van der Waals surface area contributed by atoms with Crippen LogP contribution in [0.15, 0.2) is 34.8 Å². The standard InChI is InChI=1S/C15H14BrCl2NO2/c1-2-21-15-11(16)6-10(17)7-13(15)19-8-9-4-3-5-12(18)14(9)20/h3-7,19-20H,2,8H2,1H3. The molecule has 2 rings (SSSR count). The summed E-state index contributed by atoms with van der Waals surface area (Å²) in [6, 6.07) is 8.78. The first-order chi connectivity index (χ1) is 10.0. The lowest BCUT2D eigenvalue weighted by Gasteiger charge is -2.15. The minimum absolute atomic E-state index is 0.0747. The van der Waals surface area contributed by atoms with Gasteiger partial charge in [-0.15, -0.1) is 0 Å². The van der Waals surface area contributed by atoms with Crippen molar-refractivity contribution in [1.82, 2.24) is 0 Å². The Hall–Kier alpha value is -1.10. The normalized spacial score (nSPS) is 10.5. The molecule has 0 aliphatic rings. The number of ether oxygens (including phenoxy) is 1. The van der Waals surface area contributed by atoms with Crippen LogP contribution in [0, 0.1) is 0 Å². The molecule has 0 fully saturated rings. The molecule has 2 aromatic carbocycles. The minimum Gasteiger partial charge on any atom is -0.506 e. The number of hydrogen-bond acceptors (Lipinski definition) is 3. The van der Waals surface area contributed by atoms with Crippen molar-refractivity contribution >= 4 is 44.8 Å². The molecule has 0 unspecified atom stereocenters. The first-order valence-electron chi connectivity index (χ1n) is 6.35. The van der Waals surface area contributed by atoms with Gasteiger partial charge in [-0.2, -0.15) is 0 Å². The van der Waals surface area contributed by atoms with Crippen LogP contribution in [0.1, 0.15) is 12.5 Å². The van der Waals surface area contributed by atoms with Crippen LogP contribution in [0.3, 0.4) is 0 Å². The molecule has 6 heteroatoms. The number of anilines is 1. The average molecular weight is 391 g/mol. The highest BCUT2D eigenvalue weighted by molar-refractivity contribution is 9.10. The van der Waals surface area contributed by atoms with Gasteiger partial charge < -0.3 is 15.2 Å². The Kier molecular flexibility index (Phi) is 5.62. The van der Waals surface area contributed by atoms with Gasteiger partial charge in [-0.25, -0.2) is 0 Å². The van der Waals surface area contributed by atoms with Gasteiger partial charge in [-0.3, -0.25) is 0 Å². The van der Waals surface area contributed by atoms with E-state index in [2.05, 4.69) is 21.2 Å². The second-order valence-electron chi connectivity index (χ2n) is 4.30. The first-order valence-corrected chi connectivity index (χ1v) is 7.90. The zero-order valence-electron chi connectivity index (χ0n) is 11.3. The van der Waals surface area contributed by atoms with Crippen LogP contribution >= 0.6 is 39.1 Å². The Morgan fingerprint density at radius 3 is 2.76 bits per heavy atom. The van der Waals surface area contributed by atoms with Crippen LogP contribution in [0.5, 0.6) is 11.5 Å². The highest BCUT2D eigenvalue weighted by Gasteiger charge is 2.11. The topological polar surface area (TPSA) is 41.5 Å². The summed E-state index contributed by atoms with van der Waals surface area (Å²) >= 11 is 15.4. The van der Waals surface area contributed by atoms with E-state index in [1.54, 1.807) is 30.3 Å². The van der Waals surface area contributed by atoms with Crippen molar-refractivity contribution < 1.29 is 9.84 Å². The van der Waals surface area contributed by atoms with Crippen molar-refractivity contribution in [3.8, 4) is 11.5 Å². The summed E-state index contributed by atoms with van der Waals surface area (Å²) in [5.41, 5.74) is 1.44. The van der Waals surface area contributed by atoms with Gasteiger partial charge in [0.25, 0.3) is 0 Å². The summed E-state index contributed by atoms with van der Waals surface area (Å²) in [6.45, 7) is 2.85. The van der Waals surface area contributed by atoms with Gasteiger partial charge in [-0.1, -0.05) is 35.3 Å². The highest BCUT2D eigenvalue weighted by Crippen LogP contribution is 2.37. The summed E-state index contributed by atoms with van der Waals surface area (Å²) < 4.78 is 6.38. The van der Waals surface area contributed by atoms with Crippen LogP contribution < -0.4 is 10.1 Å². The molecule has 2 N–H and O–H groups in total. The molecule has 2 aromatic rings. The summed E-state index contributed by atoms with van der Waals surface area (Å²) in [7, 11) is 0. The molecular weight excluding hydrogens is 377 g/mol. The van der Waals surface area contributed by atoms with Gasteiger partial charge in [0.05, 0.1) is 21.8 Å². The van der Waals surface area contributed by atoms with Gasteiger partial charge >= 0.3 is 0 Å². The second kappa shape index (κ2) is 7.25. The van der Waals surface area contributed by atoms with Gasteiger partial charge in [-0.05, 0) is 41.1 Å². The first kappa shape index (κ1) is 16.3. The van der Waals surface area contributed by atoms with Crippen LogP contribution in [-0.4, -0.2) is 11.7 Å². The van der Waals surface area contributed by atoms with E-state index >= 15 is 0 Å². The quantitative estimate of drug-likeness (QED) is 0.710. The van der Waals surface area contributed by atoms with Gasteiger partial charge in [0.15, 0.2) is 5.75 Å². The molecule has 0 radical (unpaired) electrons. The average Bonchev–Trinajstić information content (AvgIpc) is 2.44. The molecule has 0 bridgehead atoms. The van der Waals surface area contributed by atoms with Crippen molar-refractivity contribution in [1.29, 1.82) is 0 Å². The molecule has 21 heavy (non-hydrogen) atoms. The van der Waals surface area contributed by atoms with Crippen LogP contribution in [0.25, 0.3) is 0 Å². The van der Waals surface area contributed by atoms with Crippen LogP contribution in [0.4, 0.5) is 5.69 Å².